The van der Waals surface area contributed by atoms with Gasteiger partial charge in [-0.05, 0) is 31.4 Å². The van der Waals surface area contributed by atoms with Crippen LogP contribution in [0.25, 0.3) is 0 Å². The lowest BCUT2D eigenvalue weighted by Crippen LogP contribution is -2.11. The summed E-state index contributed by atoms with van der Waals surface area (Å²) in [6.07, 6.45) is 1.11. The van der Waals surface area contributed by atoms with Crippen LogP contribution in [0.2, 0.25) is 0 Å². The summed E-state index contributed by atoms with van der Waals surface area (Å²) in [6.45, 7) is 9.28. The molecule has 0 spiro atoms. The van der Waals surface area contributed by atoms with Gasteiger partial charge in [0.1, 0.15) is 5.75 Å². The molecule has 0 aliphatic carbocycles. The first-order chi connectivity index (χ1) is 9.13. The summed E-state index contributed by atoms with van der Waals surface area (Å²) < 4.78 is 11.0. The molecule has 1 rings (SSSR count). The second-order valence-electron chi connectivity index (χ2n) is 4.91. The lowest BCUT2D eigenvalue weighted by atomic mass is 10.1. The fourth-order valence-electron chi connectivity index (χ4n) is 1.61. The third-order valence-corrected chi connectivity index (χ3v) is 2.73. The second kappa shape index (κ2) is 8.64. The zero-order chi connectivity index (χ0) is 14.1. The number of anilines is 2. The monoisotopic (exact) mass is 266 g/mol. The smallest absolute Gasteiger partial charge is 0.144 e. The number of nitrogens with two attached hydrogens (primary N) is 1. The fourth-order valence-corrected chi connectivity index (χ4v) is 1.61. The Labute approximate surface area is 116 Å². The summed E-state index contributed by atoms with van der Waals surface area (Å²) in [5, 5.41) is 3.30. The molecule has 1 aromatic carbocycles. The highest BCUT2D eigenvalue weighted by Crippen LogP contribution is 2.25. The van der Waals surface area contributed by atoms with Gasteiger partial charge < -0.3 is 20.5 Å². The van der Waals surface area contributed by atoms with E-state index in [1.54, 1.807) is 0 Å². The number of hydrogen-bond donors (Lipinski definition) is 2. The third kappa shape index (κ3) is 6.34. The van der Waals surface area contributed by atoms with Crippen LogP contribution in [0.5, 0.6) is 5.75 Å². The van der Waals surface area contributed by atoms with Gasteiger partial charge >= 0.3 is 0 Å². The Kier molecular flexibility index (Phi) is 7.11. The van der Waals surface area contributed by atoms with E-state index in [2.05, 4.69) is 19.2 Å². The highest BCUT2D eigenvalue weighted by atomic mass is 16.5. The molecule has 3 N–H and O–H groups in total. The molecule has 0 radical (unpaired) electrons. The van der Waals surface area contributed by atoms with Crippen molar-refractivity contribution in [2.75, 3.05) is 37.4 Å². The summed E-state index contributed by atoms with van der Waals surface area (Å²) in [5.41, 5.74) is 7.49. The maximum absolute atomic E-state index is 5.82. The molecule has 0 saturated carbocycles. The molecule has 0 atom stereocenters. The van der Waals surface area contributed by atoms with E-state index in [1.807, 2.05) is 25.1 Å². The van der Waals surface area contributed by atoms with Crippen molar-refractivity contribution in [3.8, 4) is 5.75 Å². The van der Waals surface area contributed by atoms with Crippen LogP contribution in [0.4, 0.5) is 11.4 Å². The van der Waals surface area contributed by atoms with Crippen LogP contribution >= 0.6 is 0 Å². The summed E-state index contributed by atoms with van der Waals surface area (Å²) in [7, 11) is 0. The van der Waals surface area contributed by atoms with Gasteiger partial charge in [-0.1, -0.05) is 13.8 Å². The Morgan fingerprint density at radius 3 is 2.74 bits per heavy atom. The molecule has 0 aliphatic rings. The van der Waals surface area contributed by atoms with Gasteiger partial charge in [-0.25, -0.2) is 0 Å². The van der Waals surface area contributed by atoms with Crippen molar-refractivity contribution in [1.82, 2.24) is 0 Å². The van der Waals surface area contributed by atoms with Crippen molar-refractivity contribution in [2.24, 2.45) is 5.92 Å². The van der Waals surface area contributed by atoms with E-state index in [0.29, 0.717) is 24.8 Å². The number of hydrogen-bond acceptors (Lipinski definition) is 4. The van der Waals surface area contributed by atoms with Gasteiger partial charge in [-0.2, -0.15) is 0 Å². The van der Waals surface area contributed by atoms with Crippen molar-refractivity contribution in [1.29, 1.82) is 0 Å². The van der Waals surface area contributed by atoms with Gasteiger partial charge in [0.05, 0.1) is 18.9 Å². The lowest BCUT2D eigenvalue weighted by molar-refractivity contribution is 0.132. The summed E-state index contributed by atoms with van der Waals surface area (Å²) >= 11 is 0. The Bertz CT molecular complexity index is 367. The number of benzene rings is 1. The normalized spacial score (nSPS) is 10.7. The highest BCUT2D eigenvalue weighted by molar-refractivity contribution is 5.61. The first-order valence-electron chi connectivity index (χ1n) is 6.97. The molecule has 108 valence electrons. The number of ether oxygens (including phenoxy) is 2. The van der Waals surface area contributed by atoms with E-state index in [-0.39, 0.29) is 0 Å². The van der Waals surface area contributed by atoms with Crippen LogP contribution in [-0.4, -0.2) is 26.4 Å². The number of nitrogen functional groups attached to an aromatic ring is 1. The van der Waals surface area contributed by atoms with Crippen LogP contribution in [-0.2, 0) is 4.74 Å². The summed E-state index contributed by atoms with van der Waals surface area (Å²) in [4.78, 5) is 0. The van der Waals surface area contributed by atoms with Crippen molar-refractivity contribution < 1.29 is 9.47 Å². The van der Waals surface area contributed by atoms with Crippen LogP contribution in [0, 0.1) is 5.92 Å². The zero-order valence-corrected chi connectivity index (χ0v) is 12.2. The Balaban J connectivity index is 2.27. The molecule has 0 heterocycles. The number of nitrogens with one attached hydrogen (secondary N) is 1. The summed E-state index contributed by atoms with van der Waals surface area (Å²) in [5.74, 6) is 1.42. The second-order valence-corrected chi connectivity index (χ2v) is 4.91. The predicted molar refractivity (Wildman–Crippen MR) is 80.8 cm³/mol. The van der Waals surface area contributed by atoms with Crippen molar-refractivity contribution >= 4 is 11.4 Å². The summed E-state index contributed by atoms with van der Waals surface area (Å²) in [6, 6.07) is 5.73. The standard InChI is InChI=1S/C15H26N2O2/c1-4-19-15-11-13(5-6-14(15)16)17-8-10-18-9-7-12(2)3/h5-6,11-12,17H,4,7-10,16H2,1-3H3. The maximum atomic E-state index is 5.82. The van der Waals surface area contributed by atoms with E-state index in [0.717, 1.165) is 31.0 Å². The topological polar surface area (TPSA) is 56.5 Å². The molecule has 0 unspecified atom stereocenters. The fraction of sp³-hybridized carbons (Fsp3) is 0.600. The molecule has 0 bridgehead atoms. The molecule has 1 aromatic rings. The van der Waals surface area contributed by atoms with Gasteiger partial charge in [0.25, 0.3) is 0 Å². The minimum Gasteiger partial charge on any atom is -0.492 e. The average molecular weight is 266 g/mol. The van der Waals surface area contributed by atoms with E-state index in [1.165, 1.54) is 0 Å². The van der Waals surface area contributed by atoms with Crippen LogP contribution in [0.1, 0.15) is 27.2 Å². The SMILES string of the molecule is CCOc1cc(NCCOCCC(C)C)ccc1N. The van der Waals surface area contributed by atoms with Crippen LogP contribution < -0.4 is 15.8 Å². The Hall–Kier alpha value is -1.42. The van der Waals surface area contributed by atoms with Gasteiger partial charge in [0.2, 0.25) is 0 Å². The molecule has 19 heavy (non-hydrogen) atoms. The minimum atomic E-state index is 0.617. The van der Waals surface area contributed by atoms with Crippen molar-refractivity contribution in [3.63, 3.8) is 0 Å². The minimum absolute atomic E-state index is 0.617. The molecule has 0 amide bonds. The van der Waals surface area contributed by atoms with Crippen LogP contribution in [0.15, 0.2) is 18.2 Å². The molecule has 0 aromatic heterocycles. The van der Waals surface area contributed by atoms with E-state index in [9.17, 15) is 0 Å². The van der Waals surface area contributed by atoms with E-state index in [4.69, 9.17) is 15.2 Å². The first kappa shape index (κ1) is 15.6. The molecule has 0 fully saturated rings. The largest absolute Gasteiger partial charge is 0.492 e. The average Bonchev–Trinajstić information content (AvgIpc) is 2.37. The van der Waals surface area contributed by atoms with Gasteiger partial charge in [0, 0.05) is 24.9 Å². The molecular formula is C15H26N2O2. The Morgan fingerprint density at radius 2 is 2.05 bits per heavy atom. The number of rotatable bonds is 9. The predicted octanol–water partition coefficient (Wildman–Crippen LogP) is 3.14. The van der Waals surface area contributed by atoms with Gasteiger partial charge in [-0.3, -0.25) is 0 Å². The van der Waals surface area contributed by atoms with Gasteiger partial charge in [-0.15, -0.1) is 0 Å². The lowest BCUT2D eigenvalue weighted by Gasteiger charge is -2.11. The molecule has 4 heteroatoms. The first-order valence-corrected chi connectivity index (χ1v) is 6.97. The van der Waals surface area contributed by atoms with E-state index >= 15 is 0 Å². The van der Waals surface area contributed by atoms with Crippen molar-refractivity contribution in [2.45, 2.75) is 27.2 Å². The third-order valence-electron chi connectivity index (χ3n) is 2.73. The molecule has 0 aliphatic heterocycles. The quantitative estimate of drug-likeness (QED) is 0.532. The van der Waals surface area contributed by atoms with Crippen molar-refractivity contribution in [3.05, 3.63) is 18.2 Å². The highest BCUT2D eigenvalue weighted by Gasteiger charge is 2.01. The van der Waals surface area contributed by atoms with Crippen LogP contribution in [0.3, 0.4) is 0 Å². The zero-order valence-electron chi connectivity index (χ0n) is 12.2. The van der Waals surface area contributed by atoms with Gasteiger partial charge in [0.15, 0.2) is 0 Å². The molecule has 0 saturated heterocycles. The molecular weight excluding hydrogens is 240 g/mol. The Morgan fingerprint density at radius 1 is 1.26 bits per heavy atom. The maximum Gasteiger partial charge on any atom is 0.144 e. The van der Waals surface area contributed by atoms with E-state index < -0.39 is 0 Å². The molecule has 4 nitrogen and oxygen atoms in total.